The Balaban J connectivity index is 0.000000687. The van der Waals surface area contributed by atoms with Crippen LogP contribution in [0.3, 0.4) is 0 Å². The number of hydrogen-bond donors (Lipinski definition) is 1. The van der Waals surface area contributed by atoms with E-state index in [2.05, 4.69) is 30.3 Å². The van der Waals surface area contributed by atoms with Crippen molar-refractivity contribution in [3.8, 4) is 0 Å². The molecule has 0 saturated carbocycles. The maximum Gasteiger partial charge on any atom is 0.0835 e. The molecule has 3 aromatic rings. The minimum atomic E-state index is 0.0187. The van der Waals surface area contributed by atoms with Crippen LogP contribution in [0.1, 0.15) is 43.2 Å². The fourth-order valence-corrected chi connectivity index (χ4v) is 4.68. The third-order valence-electron chi connectivity index (χ3n) is 4.16. The van der Waals surface area contributed by atoms with Crippen molar-refractivity contribution in [1.82, 2.24) is 9.55 Å². The van der Waals surface area contributed by atoms with Gasteiger partial charge in [0.1, 0.15) is 0 Å². The SMILES string of the molecule is CC(C)C.Cc1c(CO)c(C)n(Cc2ccncc2)c1Sc1cc(Cl)cc(Cl)c1. The molecule has 3 rings (SSSR count). The molecule has 0 unspecified atom stereocenters. The summed E-state index contributed by atoms with van der Waals surface area (Å²) in [5.74, 6) is 0.833. The van der Waals surface area contributed by atoms with Gasteiger partial charge >= 0.3 is 0 Å². The van der Waals surface area contributed by atoms with Gasteiger partial charge in [0.25, 0.3) is 0 Å². The molecule has 0 spiro atoms. The van der Waals surface area contributed by atoms with Gasteiger partial charge in [-0.05, 0) is 61.2 Å². The number of aliphatic hydroxyl groups is 1. The van der Waals surface area contributed by atoms with Gasteiger partial charge in [0.2, 0.25) is 0 Å². The zero-order valence-corrected chi connectivity index (χ0v) is 19.9. The molecule has 0 aliphatic carbocycles. The summed E-state index contributed by atoms with van der Waals surface area (Å²) in [7, 11) is 0. The molecule has 1 aromatic carbocycles. The van der Waals surface area contributed by atoms with Crippen LogP contribution in [0.2, 0.25) is 10.0 Å². The second-order valence-electron chi connectivity index (χ2n) is 7.53. The van der Waals surface area contributed by atoms with E-state index in [4.69, 9.17) is 23.2 Å². The third kappa shape index (κ3) is 6.78. The van der Waals surface area contributed by atoms with E-state index in [0.29, 0.717) is 16.6 Å². The predicted octanol–water partition coefficient (Wildman–Crippen LogP) is 7.16. The second-order valence-corrected chi connectivity index (χ2v) is 9.47. The molecule has 0 amide bonds. The van der Waals surface area contributed by atoms with Gasteiger partial charge in [-0.1, -0.05) is 55.7 Å². The van der Waals surface area contributed by atoms with E-state index in [1.807, 2.05) is 38.1 Å². The summed E-state index contributed by atoms with van der Waals surface area (Å²) < 4.78 is 2.22. The molecule has 0 fully saturated rings. The third-order valence-corrected chi connectivity index (χ3v) is 5.79. The molecule has 0 aliphatic heterocycles. The van der Waals surface area contributed by atoms with Gasteiger partial charge in [-0.25, -0.2) is 0 Å². The number of halogens is 2. The van der Waals surface area contributed by atoms with Crippen molar-refractivity contribution >= 4 is 35.0 Å². The van der Waals surface area contributed by atoms with E-state index in [0.717, 1.165) is 38.2 Å². The number of pyridine rings is 1. The van der Waals surface area contributed by atoms with Crippen molar-refractivity contribution in [3.63, 3.8) is 0 Å². The molecule has 29 heavy (non-hydrogen) atoms. The van der Waals surface area contributed by atoms with E-state index in [9.17, 15) is 5.11 Å². The quantitative estimate of drug-likeness (QED) is 0.447. The number of aromatic nitrogens is 2. The van der Waals surface area contributed by atoms with Crippen LogP contribution in [-0.4, -0.2) is 14.7 Å². The summed E-state index contributed by atoms with van der Waals surface area (Å²) in [6.07, 6.45) is 3.58. The first-order valence-corrected chi connectivity index (χ1v) is 11.1. The number of nitrogens with zero attached hydrogens (tertiary/aromatic N) is 2. The smallest absolute Gasteiger partial charge is 0.0835 e. The molecular formula is C23H28Cl2N2OS. The van der Waals surface area contributed by atoms with Crippen molar-refractivity contribution < 1.29 is 5.11 Å². The highest BCUT2D eigenvalue weighted by Gasteiger charge is 2.18. The molecular weight excluding hydrogens is 423 g/mol. The minimum absolute atomic E-state index is 0.0187. The molecule has 0 bridgehead atoms. The molecule has 3 nitrogen and oxygen atoms in total. The van der Waals surface area contributed by atoms with Crippen molar-refractivity contribution in [3.05, 3.63) is 75.2 Å². The van der Waals surface area contributed by atoms with Gasteiger partial charge in [0.05, 0.1) is 11.6 Å². The standard InChI is InChI=1S/C19H18Cl2N2OS.C4H10/c1-12-18(11-24)13(2)23(10-14-3-5-22-6-4-14)19(12)25-17-8-15(20)7-16(21)9-17;1-4(2)3/h3-9,24H,10-11H2,1-2H3;4H,1-3H3. The van der Waals surface area contributed by atoms with Crippen molar-refractivity contribution in [2.24, 2.45) is 5.92 Å². The minimum Gasteiger partial charge on any atom is -0.392 e. The van der Waals surface area contributed by atoms with Crippen LogP contribution in [0, 0.1) is 19.8 Å². The van der Waals surface area contributed by atoms with Crippen molar-refractivity contribution in [2.75, 3.05) is 0 Å². The average molecular weight is 451 g/mol. The maximum atomic E-state index is 9.78. The van der Waals surface area contributed by atoms with Crippen LogP contribution in [0.25, 0.3) is 0 Å². The highest BCUT2D eigenvalue weighted by atomic mass is 35.5. The summed E-state index contributed by atoms with van der Waals surface area (Å²) in [5.41, 5.74) is 4.26. The Bertz CT molecular complexity index is 917. The predicted molar refractivity (Wildman–Crippen MR) is 124 cm³/mol. The fraction of sp³-hybridized carbons (Fsp3) is 0.348. The molecule has 2 heterocycles. The summed E-state index contributed by atoms with van der Waals surface area (Å²) >= 11 is 13.9. The lowest BCUT2D eigenvalue weighted by molar-refractivity contribution is 0.280. The van der Waals surface area contributed by atoms with Crippen molar-refractivity contribution in [2.45, 2.75) is 57.7 Å². The van der Waals surface area contributed by atoms with Crippen LogP contribution in [0.4, 0.5) is 0 Å². The Morgan fingerprint density at radius 3 is 2.10 bits per heavy atom. The number of rotatable bonds is 5. The van der Waals surface area contributed by atoms with E-state index in [-0.39, 0.29) is 6.61 Å². The summed E-state index contributed by atoms with van der Waals surface area (Å²) in [6, 6.07) is 9.52. The van der Waals surface area contributed by atoms with E-state index in [1.165, 1.54) is 0 Å². The van der Waals surface area contributed by atoms with Crippen LogP contribution < -0.4 is 0 Å². The maximum absolute atomic E-state index is 9.78. The van der Waals surface area contributed by atoms with Gasteiger partial charge in [-0.15, -0.1) is 0 Å². The van der Waals surface area contributed by atoms with Gasteiger partial charge in [0, 0.05) is 45.1 Å². The molecule has 0 aliphatic rings. The van der Waals surface area contributed by atoms with Crippen LogP contribution in [-0.2, 0) is 13.2 Å². The highest BCUT2D eigenvalue weighted by molar-refractivity contribution is 7.99. The molecule has 0 saturated heterocycles. The topological polar surface area (TPSA) is 38.0 Å². The van der Waals surface area contributed by atoms with Gasteiger partial charge in [-0.3, -0.25) is 4.98 Å². The van der Waals surface area contributed by atoms with Crippen LogP contribution in [0.15, 0.2) is 52.6 Å². The lowest BCUT2D eigenvalue weighted by Gasteiger charge is -2.13. The summed E-state index contributed by atoms with van der Waals surface area (Å²) in [4.78, 5) is 5.05. The van der Waals surface area contributed by atoms with Crippen molar-refractivity contribution in [1.29, 1.82) is 0 Å². The highest BCUT2D eigenvalue weighted by Crippen LogP contribution is 2.37. The molecule has 0 atom stereocenters. The van der Waals surface area contributed by atoms with Gasteiger partial charge < -0.3 is 9.67 Å². The Labute approximate surface area is 188 Å². The van der Waals surface area contributed by atoms with Crippen LogP contribution in [0.5, 0.6) is 0 Å². The largest absolute Gasteiger partial charge is 0.392 e. The first-order valence-electron chi connectivity index (χ1n) is 9.55. The monoisotopic (exact) mass is 450 g/mol. The summed E-state index contributed by atoms with van der Waals surface area (Å²) in [6.45, 7) is 11.3. The van der Waals surface area contributed by atoms with Gasteiger partial charge in [0.15, 0.2) is 0 Å². The van der Waals surface area contributed by atoms with E-state index < -0.39 is 0 Å². The molecule has 6 heteroatoms. The number of aliphatic hydroxyl groups excluding tert-OH is 1. The van der Waals surface area contributed by atoms with Crippen LogP contribution >= 0.6 is 35.0 Å². The Kier molecular flexibility index (Phi) is 9.09. The Morgan fingerprint density at radius 2 is 1.59 bits per heavy atom. The second kappa shape index (κ2) is 11.1. The normalized spacial score (nSPS) is 10.8. The van der Waals surface area contributed by atoms with Gasteiger partial charge in [-0.2, -0.15) is 0 Å². The zero-order chi connectivity index (χ0) is 21.6. The number of benzene rings is 1. The molecule has 2 aromatic heterocycles. The summed E-state index contributed by atoms with van der Waals surface area (Å²) in [5, 5.41) is 12.1. The molecule has 1 N–H and O–H groups in total. The Hall–Kier alpha value is -1.46. The molecule has 0 radical (unpaired) electrons. The lowest BCUT2D eigenvalue weighted by atomic mass is 10.2. The zero-order valence-electron chi connectivity index (χ0n) is 17.5. The molecule has 156 valence electrons. The van der Waals surface area contributed by atoms with E-state index >= 15 is 0 Å². The first-order chi connectivity index (χ1) is 13.7. The lowest BCUT2D eigenvalue weighted by Crippen LogP contribution is -2.04. The Morgan fingerprint density at radius 1 is 1.03 bits per heavy atom. The average Bonchev–Trinajstić information content (AvgIpc) is 2.85. The van der Waals surface area contributed by atoms with E-state index in [1.54, 1.807) is 30.2 Å². The number of hydrogen-bond acceptors (Lipinski definition) is 3. The first kappa shape index (κ1) is 23.8. The fourth-order valence-electron chi connectivity index (χ4n) is 2.84.